The van der Waals surface area contributed by atoms with Crippen LogP contribution >= 0.6 is 0 Å². The Balaban J connectivity index is 2.27. The van der Waals surface area contributed by atoms with Gasteiger partial charge in [-0.05, 0) is 45.9 Å². The summed E-state index contributed by atoms with van der Waals surface area (Å²) in [5.74, 6) is 0.0346. The van der Waals surface area contributed by atoms with Crippen LogP contribution < -0.4 is 4.74 Å². The van der Waals surface area contributed by atoms with Crippen LogP contribution in [0.2, 0.25) is 0 Å². The lowest BCUT2D eigenvalue weighted by Crippen LogP contribution is -2.14. The second kappa shape index (κ2) is 7.17. The summed E-state index contributed by atoms with van der Waals surface area (Å²) >= 11 is 0. The zero-order valence-electron chi connectivity index (χ0n) is 13.7. The molecule has 1 aromatic carbocycles. The number of rotatable bonds is 6. The van der Waals surface area contributed by atoms with Crippen LogP contribution in [0.15, 0.2) is 22.6 Å². The lowest BCUT2D eigenvalue weighted by molar-refractivity contribution is -0.145. The van der Waals surface area contributed by atoms with Crippen molar-refractivity contribution in [3.05, 3.63) is 29.5 Å². The molecule has 0 radical (unpaired) electrons. The summed E-state index contributed by atoms with van der Waals surface area (Å²) in [5.41, 5.74) is 0.928. The number of fused-ring (bicyclic) bond motifs is 1. The summed E-state index contributed by atoms with van der Waals surface area (Å²) in [7, 11) is 0. The third kappa shape index (κ3) is 4.03. The van der Waals surface area contributed by atoms with E-state index in [-0.39, 0.29) is 12.7 Å². The lowest BCUT2D eigenvalue weighted by atomic mass is 10.1. The van der Waals surface area contributed by atoms with Gasteiger partial charge in [0, 0.05) is 5.39 Å². The van der Waals surface area contributed by atoms with Gasteiger partial charge >= 0.3 is 11.9 Å². The Bertz CT molecular complexity index is 713. The molecule has 0 spiro atoms. The molecular weight excluding hydrogens is 300 g/mol. The first kappa shape index (κ1) is 16.9. The van der Waals surface area contributed by atoms with Gasteiger partial charge in [0.05, 0.1) is 12.7 Å². The van der Waals surface area contributed by atoms with Gasteiger partial charge < -0.3 is 18.6 Å². The first-order chi connectivity index (χ1) is 10.9. The highest BCUT2D eigenvalue weighted by molar-refractivity contribution is 6.04. The van der Waals surface area contributed by atoms with Crippen LogP contribution in [0.5, 0.6) is 5.75 Å². The molecule has 1 aromatic heterocycles. The molecule has 0 aliphatic carbocycles. The Labute approximate surface area is 134 Å². The van der Waals surface area contributed by atoms with Crippen LogP contribution in [0.1, 0.15) is 36.9 Å². The summed E-state index contributed by atoms with van der Waals surface area (Å²) in [6.45, 7) is 7.10. The molecule has 0 aliphatic heterocycles. The minimum Gasteiger partial charge on any atom is -0.482 e. The first-order valence-corrected chi connectivity index (χ1v) is 7.45. The third-order valence-electron chi connectivity index (χ3n) is 3.04. The van der Waals surface area contributed by atoms with E-state index in [9.17, 15) is 9.59 Å². The number of furan rings is 1. The van der Waals surface area contributed by atoms with E-state index in [1.165, 1.54) is 0 Å². The normalized spacial score (nSPS) is 10.8. The van der Waals surface area contributed by atoms with Crippen LogP contribution in [-0.2, 0) is 14.3 Å². The zero-order valence-corrected chi connectivity index (χ0v) is 13.7. The van der Waals surface area contributed by atoms with Gasteiger partial charge in [-0.25, -0.2) is 9.59 Å². The van der Waals surface area contributed by atoms with E-state index in [0.717, 1.165) is 0 Å². The van der Waals surface area contributed by atoms with Crippen LogP contribution in [0.3, 0.4) is 0 Å². The molecule has 0 saturated carbocycles. The van der Waals surface area contributed by atoms with E-state index >= 15 is 0 Å². The summed E-state index contributed by atoms with van der Waals surface area (Å²) in [4.78, 5) is 23.6. The Morgan fingerprint density at radius 3 is 2.65 bits per heavy atom. The van der Waals surface area contributed by atoms with Crippen molar-refractivity contribution in [3.63, 3.8) is 0 Å². The van der Waals surface area contributed by atoms with Gasteiger partial charge in [0.15, 0.2) is 6.61 Å². The van der Waals surface area contributed by atoms with Crippen molar-refractivity contribution in [2.24, 2.45) is 0 Å². The fraction of sp³-hybridized carbons (Fsp3) is 0.412. The van der Waals surface area contributed by atoms with Crippen molar-refractivity contribution in [3.8, 4) is 5.75 Å². The molecule has 0 aliphatic rings. The zero-order chi connectivity index (χ0) is 17.0. The molecule has 1 heterocycles. The predicted molar refractivity (Wildman–Crippen MR) is 83.6 cm³/mol. The molecule has 0 bridgehead atoms. The summed E-state index contributed by atoms with van der Waals surface area (Å²) in [5, 5.41) is 0.592. The van der Waals surface area contributed by atoms with Gasteiger partial charge in [0.1, 0.15) is 22.7 Å². The molecule has 2 rings (SSSR count). The van der Waals surface area contributed by atoms with Crippen molar-refractivity contribution in [2.45, 2.75) is 33.8 Å². The Kier molecular flexibility index (Phi) is 5.26. The molecule has 0 amide bonds. The smallest absolute Gasteiger partial charge is 0.344 e. The Hall–Kier alpha value is -2.50. The average molecular weight is 320 g/mol. The molecule has 23 heavy (non-hydrogen) atoms. The van der Waals surface area contributed by atoms with Gasteiger partial charge in [0.2, 0.25) is 0 Å². The average Bonchev–Trinajstić information content (AvgIpc) is 2.79. The van der Waals surface area contributed by atoms with Gasteiger partial charge in [-0.15, -0.1) is 0 Å². The van der Waals surface area contributed by atoms with E-state index in [1.807, 2.05) is 0 Å². The second-order valence-corrected chi connectivity index (χ2v) is 5.24. The van der Waals surface area contributed by atoms with Crippen molar-refractivity contribution < 1.29 is 28.2 Å². The van der Waals surface area contributed by atoms with Crippen molar-refractivity contribution in [2.75, 3.05) is 13.2 Å². The number of carbonyl (C=O) groups is 2. The highest BCUT2D eigenvalue weighted by atomic mass is 16.6. The monoisotopic (exact) mass is 320 g/mol. The van der Waals surface area contributed by atoms with Gasteiger partial charge in [-0.2, -0.15) is 0 Å². The fourth-order valence-corrected chi connectivity index (χ4v) is 2.16. The van der Waals surface area contributed by atoms with E-state index < -0.39 is 11.9 Å². The van der Waals surface area contributed by atoms with E-state index in [2.05, 4.69) is 0 Å². The maximum Gasteiger partial charge on any atom is 0.344 e. The Morgan fingerprint density at radius 2 is 2.00 bits per heavy atom. The van der Waals surface area contributed by atoms with Crippen LogP contribution in [0, 0.1) is 6.92 Å². The molecule has 0 atom stereocenters. The molecule has 2 aromatic rings. The molecular formula is C17H20O6. The van der Waals surface area contributed by atoms with E-state index in [1.54, 1.807) is 45.9 Å². The summed E-state index contributed by atoms with van der Waals surface area (Å²) in [6.07, 6.45) is -0.227. The SMILES string of the molecule is CCOC(=O)COc1ccc2oc(C)c(C(=O)OC(C)C)c2c1. The van der Waals surface area contributed by atoms with Crippen LogP contribution in [0.25, 0.3) is 11.0 Å². The van der Waals surface area contributed by atoms with Crippen molar-refractivity contribution in [1.29, 1.82) is 0 Å². The third-order valence-corrected chi connectivity index (χ3v) is 3.04. The van der Waals surface area contributed by atoms with Gasteiger partial charge in [0.25, 0.3) is 0 Å². The highest BCUT2D eigenvalue weighted by Gasteiger charge is 2.21. The second-order valence-electron chi connectivity index (χ2n) is 5.24. The van der Waals surface area contributed by atoms with Crippen LogP contribution in [0.4, 0.5) is 0 Å². The van der Waals surface area contributed by atoms with E-state index in [0.29, 0.717) is 34.6 Å². The number of ether oxygens (including phenoxy) is 3. The van der Waals surface area contributed by atoms with Gasteiger partial charge in [-0.3, -0.25) is 0 Å². The lowest BCUT2D eigenvalue weighted by Gasteiger charge is -2.08. The standard InChI is InChI=1S/C17H20O6/c1-5-20-15(18)9-21-12-6-7-14-13(8-12)16(11(4)23-14)17(19)22-10(2)3/h6-8,10H,5,9H2,1-4H3. The largest absolute Gasteiger partial charge is 0.482 e. The summed E-state index contributed by atoms with van der Waals surface area (Å²) < 4.78 is 21.0. The fourth-order valence-electron chi connectivity index (χ4n) is 2.16. The topological polar surface area (TPSA) is 75.0 Å². The molecule has 0 N–H and O–H groups in total. The minimum atomic E-state index is -0.449. The predicted octanol–water partition coefficient (Wildman–Crippen LogP) is 3.25. The number of hydrogen-bond donors (Lipinski definition) is 0. The quantitative estimate of drug-likeness (QED) is 0.761. The highest BCUT2D eigenvalue weighted by Crippen LogP contribution is 2.30. The maximum absolute atomic E-state index is 12.2. The number of benzene rings is 1. The molecule has 6 nitrogen and oxygen atoms in total. The van der Waals surface area contributed by atoms with Crippen molar-refractivity contribution in [1.82, 2.24) is 0 Å². The molecule has 0 fully saturated rings. The van der Waals surface area contributed by atoms with Crippen molar-refractivity contribution >= 4 is 22.9 Å². The number of hydrogen-bond acceptors (Lipinski definition) is 6. The molecule has 124 valence electrons. The maximum atomic E-state index is 12.2. The number of carbonyl (C=O) groups excluding carboxylic acids is 2. The van der Waals surface area contributed by atoms with Crippen LogP contribution in [-0.4, -0.2) is 31.3 Å². The summed E-state index contributed by atoms with van der Waals surface area (Å²) in [6, 6.07) is 5.01. The van der Waals surface area contributed by atoms with E-state index in [4.69, 9.17) is 18.6 Å². The number of aryl methyl sites for hydroxylation is 1. The molecule has 6 heteroatoms. The first-order valence-electron chi connectivity index (χ1n) is 7.45. The molecule has 0 unspecified atom stereocenters. The molecule has 0 saturated heterocycles. The minimum absolute atomic E-state index is 0.193. The Morgan fingerprint density at radius 1 is 1.26 bits per heavy atom. The number of esters is 2. The van der Waals surface area contributed by atoms with Gasteiger partial charge in [-0.1, -0.05) is 0 Å².